The highest BCUT2D eigenvalue weighted by molar-refractivity contribution is 6.14. The maximum atomic E-state index is 12.4. The molecule has 2 rings (SSSR count). The molecule has 7 heteroatoms. The zero-order valence-electron chi connectivity index (χ0n) is 15.8. The van der Waals surface area contributed by atoms with Gasteiger partial charge in [-0.2, -0.15) is 0 Å². The largest absolute Gasteiger partial charge is 0.468 e. The molecule has 7 nitrogen and oxygen atoms in total. The molecule has 0 spiro atoms. The Morgan fingerprint density at radius 3 is 1.43 bits per heavy atom. The molecule has 2 aromatic rings. The van der Waals surface area contributed by atoms with Crippen LogP contribution in [0.1, 0.15) is 11.1 Å². The summed E-state index contributed by atoms with van der Waals surface area (Å²) in [6.45, 7) is 0. The third kappa shape index (κ3) is 4.82. The van der Waals surface area contributed by atoms with Crippen molar-refractivity contribution >= 4 is 23.6 Å². The normalized spacial score (nSPS) is 11.3. The Morgan fingerprint density at radius 2 is 1.07 bits per heavy atom. The van der Waals surface area contributed by atoms with Crippen molar-refractivity contribution in [1.29, 1.82) is 0 Å². The van der Waals surface area contributed by atoms with Gasteiger partial charge in [0.05, 0.1) is 27.0 Å². The zero-order valence-corrected chi connectivity index (χ0v) is 15.8. The number of hydrogen-bond acceptors (Lipinski definition) is 7. The predicted octanol–water partition coefficient (Wildman–Crippen LogP) is 2.03. The van der Waals surface area contributed by atoms with E-state index in [0.717, 1.165) is 21.3 Å². The summed E-state index contributed by atoms with van der Waals surface area (Å²) in [5.74, 6) is -4.33. The molecule has 0 fully saturated rings. The lowest BCUT2D eigenvalue weighted by atomic mass is 9.97. The van der Waals surface area contributed by atoms with Crippen LogP contribution in [-0.2, 0) is 28.6 Å². The molecule has 0 aliphatic carbocycles. The number of rotatable bonds is 7. The van der Waals surface area contributed by atoms with E-state index in [1.807, 2.05) is 60.7 Å². The van der Waals surface area contributed by atoms with Crippen molar-refractivity contribution in [3.05, 3.63) is 71.8 Å². The van der Waals surface area contributed by atoms with Crippen molar-refractivity contribution in [3.63, 3.8) is 0 Å². The highest BCUT2D eigenvalue weighted by atomic mass is 16.5. The van der Waals surface area contributed by atoms with E-state index in [4.69, 9.17) is 4.74 Å². The van der Waals surface area contributed by atoms with Crippen LogP contribution in [-0.4, -0.2) is 51.0 Å². The van der Waals surface area contributed by atoms with Gasteiger partial charge in [-0.1, -0.05) is 60.7 Å². The second-order valence-electron chi connectivity index (χ2n) is 5.70. The standard InChI is InChI=1S/C21H21NO6/c1-26-19(23)16(20(24)27-2)18(21(25)28-3)22-17(14-10-6-4-7-11-14)15-12-8-5-9-13-15/h4-13,16,18H,1-3H3. The van der Waals surface area contributed by atoms with Gasteiger partial charge in [0, 0.05) is 11.1 Å². The third-order valence-electron chi connectivity index (χ3n) is 4.03. The van der Waals surface area contributed by atoms with Gasteiger partial charge in [-0.3, -0.25) is 14.6 Å². The van der Waals surface area contributed by atoms with Crippen LogP contribution in [0.4, 0.5) is 0 Å². The van der Waals surface area contributed by atoms with Crippen LogP contribution in [0.5, 0.6) is 0 Å². The second kappa shape index (κ2) is 10.0. The number of nitrogens with zero attached hydrogens (tertiary/aromatic N) is 1. The number of carbonyl (C=O) groups excluding carboxylic acids is 3. The Labute approximate surface area is 162 Å². The van der Waals surface area contributed by atoms with Crippen LogP contribution in [0, 0.1) is 5.92 Å². The summed E-state index contributed by atoms with van der Waals surface area (Å²) in [6.07, 6.45) is 0. The maximum absolute atomic E-state index is 12.4. The quantitative estimate of drug-likeness (QED) is 0.314. The Kier molecular flexibility index (Phi) is 7.45. The molecule has 0 radical (unpaired) electrons. The summed E-state index contributed by atoms with van der Waals surface area (Å²) < 4.78 is 14.2. The fraction of sp³-hybridized carbons (Fsp3) is 0.238. The molecule has 2 aromatic carbocycles. The molecule has 1 atom stereocenters. The van der Waals surface area contributed by atoms with Gasteiger partial charge in [-0.25, -0.2) is 4.79 Å². The minimum absolute atomic E-state index is 0.425. The van der Waals surface area contributed by atoms with Gasteiger partial charge < -0.3 is 14.2 Å². The van der Waals surface area contributed by atoms with E-state index in [9.17, 15) is 14.4 Å². The number of methoxy groups -OCH3 is 3. The zero-order chi connectivity index (χ0) is 20.5. The van der Waals surface area contributed by atoms with E-state index in [0.29, 0.717) is 16.8 Å². The maximum Gasteiger partial charge on any atom is 0.332 e. The lowest BCUT2D eigenvalue weighted by molar-refractivity contribution is -0.164. The Bertz CT molecular complexity index is 790. The van der Waals surface area contributed by atoms with Crippen LogP contribution in [0.15, 0.2) is 65.7 Å². The minimum Gasteiger partial charge on any atom is -0.468 e. The lowest BCUT2D eigenvalue weighted by Gasteiger charge is -2.20. The molecule has 0 aliphatic heterocycles. The van der Waals surface area contributed by atoms with Gasteiger partial charge in [0.1, 0.15) is 0 Å². The van der Waals surface area contributed by atoms with E-state index in [2.05, 4.69) is 14.5 Å². The van der Waals surface area contributed by atoms with Crippen LogP contribution in [0.25, 0.3) is 0 Å². The number of benzene rings is 2. The molecule has 0 heterocycles. The number of carbonyl (C=O) groups is 3. The van der Waals surface area contributed by atoms with Gasteiger partial charge >= 0.3 is 17.9 Å². The van der Waals surface area contributed by atoms with Crippen LogP contribution in [0.2, 0.25) is 0 Å². The monoisotopic (exact) mass is 383 g/mol. The average Bonchev–Trinajstić information content (AvgIpc) is 2.76. The van der Waals surface area contributed by atoms with E-state index < -0.39 is 29.9 Å². The van der Waals surface area contributed by atoms with Gasteiger partial charge in [-0.15, -0.1) is 0 Å². The number of ether oxygens (including phenoxy) is 3. The SMILES string of the molecule is COC(=O)C(N=C(c1ccccc1)c1ccccc1)C(C(=O)OC)C(=O)OC. The minimum atomic E-state index is -1.59. The van der Waals surface area contributed by atoms with Gasteiger partial charge in [0.2, 0.25) is 0 Å². The first kappa shape index (κ1) is 20.8. The summed E-state index contributed by atoms with van der Waals surface area (Å²) in [6, 6.07) is 16.7. The van der Waals surface area contributed by atoms with E-state index in [1.54, 1.807) is 0 Å². The fourth-order valence-electron chi connectivity index (χ4n) is 2.64. The second-order valence-corrected chi connectivity index (χ2v) is 5.70. The van der Waals surface area contributed by atoms with Crippen molar-refractivity contribution in [3.8, 4) is 0 Å². The Morgan fingerprint density at radius 1 is 0.679 bits per heavy atom. The molecule has 0 saturated heterocycles. The molecule has 0 bridgehead atoms. The van der Waals surface area contributed by atoms with Crippen LogP contribution in [0.3, 0.4) is 0 Å². The first-order chi connectivity index (χ1) is 13.5. The summed E-state index contributed by atoms with van der Waals surface area (Å²) in [5.41, 5.74) is 1.83. The topological polar surface area (TPSA) is 91.3 Å². The highest BCUT2D eigenvalue weighted by Crippen LogP contribution is 2.19. The molecule has 146 valence electrons. The van der Waals surface area contributed by atoms with Gasteiger partial charge in [-0.05, 0) is 0 Å². The first-order valence-electron chi connectivity index (χ1n) is 8.45. The number of hydrogen-bond donors (Lipinski definition) is 0. The smallest absolute Gasteiger partial charge is 0.332 e. The fourth-order valence-corrected chi connectivity index (χ4v) is 2.64. The van der Waals surface area contributed by atoms with Crippen molar-refractivity contribution in [2.75, 3.05) is 21.3 Å². The third-order valence-corrected chi connectivity index (χ3v) is 4.03. The number of aliphatic imine (C=N–C) groups is 1. The van der Waals surface area contributed by atoms with E-state index in [-0.39, 0.29) is 0 Å². The van der Waals surface area contributed by atoms with Crippen LogP contribution < -0.4 is 0 Å². The first-order valence-corrected chi connectivity index (χ1v) is 8.45. The summed E-state index contributed by atoms with van der Waals surface area (Å²) >= 11 is 0. The molecule has 0 amide bonds. The van der Waals surface area contributed by atoms with Crippen LogP contribution >= 0.6 is 0 Å². The predicted molar refractivity (Wildman–Crippen MR) is 102 cm³/mol. The van der Waals surface area contributed by atoms with E-state index >= 15 is 0 Å². The van der Waals surface area contributed by atoms with Gasteiger partial charge in [0.15, 0.2) is 12.0 Å². The Hall–Kier alpha value is -3.48. The molecule has 0 N–H and O–H groups in total. The summed E-state index contributed by atoms with van der Waals surface area (Å²) in [4.78, 5) is 41.4. The molecule has 28 heavy (non-hydrogen) atoms. The lowest BCUT2D eigenvalue weighted by Crippen LogP contribution is -2.41. The Balaban J connectivity index is 2.67. The van der Waals surface area contributed by atoms with Gasteiger partial charge in [0.25, 0.3) is 0 Å². The molecule has 0 aliphatic rings. The highest BCUT2D eigenvalue weighted by Gasteiger charge is 2.42. The summed E-state index contributed by atoms with van der Waals surface area (Å²) in [5, 5.41) is 0. The molecule has 0 aromatic heterocycles. The van der Waals surface area contributed by atoms with Crippen molar-refractivity contribution in [2.24, 2.45) is 10.9 Å². The average molecular weight is 383 g/mol. The molecular weight excluding hydrogens is 362 g/mol. The van der Waals surface area contributed by atoms with E-state index in [1.165, 1.54) is 0 Å². The summed E-state index contributed by atoms with van der Waals surface area (Å²) in [7, 11) is 3.39. The van der Waals surface area contributed by atoms with Crippen molar-refractivity contribution in [2.45, 2.75) is 6.04 Å². The molecular formula is C21H21NO6. The molecule has 0 saturated carbocycles. The van der Waals surface area contributed by atoms with Crippen molar-refractivity contribution in [1.82, 2.24) is 0 Å². The number of esters is 3. The molecule has 1 unspecified atom stereocenters. The van der Waals surface area contributed by atoms with Crippen molar-refractivity contribution < 1.29 is 28.6 Å².